The average molecular weight is 274 g/mol. The van der Waals surface area contributed by atoms with Gasteiger partial charge in [-0.05, 0) is 42.0 Å². The Morgan fingerprint density at radius 1 is 1.11 bits per heavy atom. The van der Waals surface area contributed by atoms with E-state index in [-0.39, 0.29) is 0 Å². The Balaban J connectivity index is 1.91. The summed E-state index contributed by atoms with van der Waals surface area (Å²) in [6.45, 7) is 2.95. The Labute approximate surface area is 118 Å². The molecule has 0 spiro atoms. The Morgan fingerprint density at radius 2 is 1.84 bits per heavy atom. The van der Waals surface area contributed by atoms with Crippen LogP contribution in [0, 0.1) is 0 Å². The maximum Gasteiger partial charge on any atom is 0.0668 e. The van der Waals surface area contributed by atoms with Crippen LogP contribution in [-0.2, 0) is 0 Å². The lowest BCUT2D eigenvalue weighted by Crippen LogP contribution is -2.46. The molecule has 3 nitrogen and oxygen atoms in total. The molecule has 0 radical (unpaired) electrons. The molecule has 0 amide bonds. The zero-order chi connectivity index (χ0) is 13.1. The number of piperazine rings is 1. The van der Waals surface area contributed by atoms with Crippen molar-refractivity contribution in [3.05, 3.63) is 59.4 Å². The molecule has 1 saturated heterocycles. The van der Waals surface area contributed by atoms with Crippen LogP contribution in [0.2, 0.25) is 5.02 Å². The molecular weight excluding hydrogens is 258 g/mol. The van der Waals surface area contributed by atoms with Crippen molar-refractivity contribution in [1.29, 1.82) is 0 Å². The van der Waals surface area contributed by atoms with Crippen molar-refractivity contribution < 1.29 is 0 Å². The van der Waals surface area contributed by atoms with E-state index in [4.69, 9.17) is 11.6 Å². The smallest absolute Gasteiger partial charge is 0.0668 e. The van der Waals surface area contributed by atoms with Gasteiger partial charge in [-0.15, -0.1) is 0 Å². The lowest BCUT2D eigenvalue weighted by molar-refractivity contribution is 0.489. The minimum Gasteiger partial charge on any atom is -0.362 e. The van der Waals surface area contributed by atoms with E-state index in [1.165, 1.54) is 11.3 Å². The van der Waals surface area contributed by atoms with E-state index in [0.29, 0.717) is 6.04 Å². The molecule has 19 heavy (non-hydrogen) atoms. The first kappa shape index (κ1) is 12.5. The van der Waals surface area contributed by atoms with Gasteiger partial charge in [-0.3, -0.25) is 4.98 Å². The third-order valence-corrected chi connectivity index (χ3v) is 3.74. The van der Waals surface area contributed by atoms with Gasteiger partial charge in [0.25, 0.3) is 0 Å². The van der Waals surface area contributed by atoms with Gasteiger partial charge in [0.05, 0.1) is 6.04 Å². The molecule has 1 unspecified atom stereocenters. The molecule has 98 valence electrons. The topological polar surface area (TPSA) is 28.2 Å². The van der Waals surface area contributed by atoms with Crippen molar-refractivity contribution in [2.24, 2.45) is 0 Å². The monoisotopic (exact) mass is 273 g/mol. The minimum atomic E-state index is 0.345. The van der Waals surface area contributed by atoms with Crippen LogP contribution in [0.4, 0.5) is 5.69 Å². The Hall–Kier alpha value is -1.58. The van der Waals surface area contributed by atoms with Crippen LogP contribution in [-0.4, -0.2) is 24.6 Å². The molecule has 0 aliphatic carbocycles. The van der Waals surface area contributed by atoms with E-state index in [0.717, 1.165) is 24.7 Å². The number of rotatable bonds is 2. The highest BCUT2D eigenvalue weighted by molar-refractivity contribution is 6.30. The minimum absolute atomic E-state index is 0.345. The van der Waals surface area contributed by atoms with E-state index in [2.05, 4.69) is 39.5 Å². The molecule has 1 fully saturated rings. The van der Waals surface area contributed by atoms with E-state index in [1.807, 2.05) is 24.5 Å². The van der Waals surface area contributed by atoms with Gasteiger partial charge in [0.1, 0.15) is 0 Å². The molecule has 4 heteroatoms. The van der Waals surface area contributed by atoms with E-state index >= 15 is 0 Å². The summed E-state index contributed by atoms with van der Waals surface area (Å²) in [7, 11) is 0. The molecule has 1 aromatic heterocycles. The van der Waals surface area contributed by atoms with Crippen LogP contribution < -0.4 is 10.2 Å². The predicted octanol–water partition coefficient (Wildman–Crippen LogP) is 2.89. The van der Waals surface area contributed by atoms with Crippen LogP contribution in [0.3, 0.4) is 0 Å². The third-order valence-electron chi connectivity index (χ3n) is 3.49. The summed E-state index contributed by atoms with van der Waals surface area (Å²) >= 11 is 5.96. The van der Waals surface area contributed by atoms with Crippen molar-refractivity contribution in [2.45, 2.75) is 6.04 Å². The third kappa shape index (κ3) is 2.72. The van der Waals surface area contributed by atoms with Gasteiger partial charge in [0.2, 0.25) is 0 Å². The van der Waals surface area contributed by atoms with E-state index in [9.17, 15) is 0 Å². The summed E-state index contributed by atoms with van der Waals surface area (Å²) in [6, 6.07) is 12.6. The summed E-state index contributed by atoms with van der Waals surface area (Å²) in [6.07, 6.45) is 3.70. The van der Waals surface area contributed by atoms with E-state index < -0.39 is 0 Å². The van der Waals surface area contributed by atoms with E-state index in [1.54, 1.807) is 0 Å². The number of nitrogens with zero attached hydrogens (tertiary/aromatic N) is 2. The molecule has 1 aromatic carbocycles. The highest BCUT2D eigenvalue weighted by Gasteiger charge is 2.23. The normalized spacial score (nSPS) is 19.4. The SMILES string of the molecule is Clc1ccc(N2CCNCC2c2ccncc2)cc1. The second-order valence-electron chi connectivity index (χ2n) is 4.67. The maximum absolute atomic E-state index is 5.96. The number of aromatic nitrogens is 1. The zero-order valence-electron chi connectivity index (χ0n) is 10.6. The second-order valence-corrected chi connectivity index (χ2v) is 5.11. The fourth-order valence-corrected chi connectivity index (χ4v) is 2.66. The quantitative estimate of drug-likeness (QED) is 0.912. The fraction of sp³-hybridized carbons (Fsp3) is 0.267. The first-order chi connectivity index (χ1) is 9.34. The van der Waals surface area contributed by atoms with Gasteiger partial charge < -0.3 is 10.2 Å². The number of benzene rings is 1. The number of nitrogens with one attached hydrogen (secondary N) is 1. The van der Waals surface area contributed by atoms with Gasteiger partial charge in [-0.1, -0.05) is 11.6 Å². The van der Waals surface area contributed by atoms with Gasteiger partial charge in [0, 0.05) is 42.7 Å². The van der Waals surface area contributed by atoms with Crippen molar-refractivity contribution in [2.75, 3.05) is 24.5 Å². The highest BCUT2D eigenvalue weighted by Crippen LogP contribution is 2.28. The Bertz CT molecular complexity index is 527. The lowest BCUT2D eigenvalue weighted by atomic mass is 10.0. The van der Waals surface area contributed by atoms with Gasteiger partial charge in [-0.25, -0.2) is 0 Å². The van der Waals surface area contributed by atoms with Crippen LogP contribution in [0.15, 0.2) is 48.8 Å². The zero-order valence-corrected chi connectivity index (χ0v) is 11.3. The highest BCUT2D eigenvalue weighted by atomic mass is 35.5. The van der Waals surface area contributed by atoms with Crippen molar-refractivity contribution >= 4 is 17.3 Å². The molecule has 1 atom stereocenters. The summed E-state index contributed by atoms with van der Waals surface area (Å²) in [5.41, 5.74) is 2.50. The summed E-state index contributed by atoms with van der Waals surface area (Å²) in [5.74, 6) is 0. The Kier molecular flexibility index (Phi) is 3.67. The average Bonchev–Trinajstić information content (AvgIpc) is 2.49. The standard InChI is InChI=1S/C15H16ClN3/c16-13-1-3-14(4-2-13)19-10-9-18-11-15(19)12-5-7-17-8-6-12/h1-8,15,18H,9-11H2. The van der Waals surface area contributed by atoms with Crippen molar-refractivity contribution in [3.63, 3.8) is 0 Å². The van der Waals surface area contributed by atoms with Crippen LogP contribution in [0.5, 0.6) is 0 Å². The summed E-state index contributed by atoms with van der Waals surface area (Å²) in [4.78, 5) is 6.51. The number of halogens is 1. The number of hydrogen-bond acceptors (Lipinski definition) is 3. The fourth-order valence-electron chi connectivity index (χ4n) is 2.53. The van der Waals surface area contributed by atoms with Crippen LogP contribution in [0.1, 0.15) is 11.6 Å². The largest absolute Gasteiger partial charge is 0.362 e. The van der Waals surface area contributed by atoms with Crippen molar-refractivity contribution in [3.8, 4) is 0 Å². The van der Waals surface area contributed by atoms with Crippen LogP contribution in [0.25, 0.3) is 0 Å². The molecule has 1 aliphatic rings. The van der Waals surface area contributed by atoms with Gasteiger partial charge in [-0.2, -0.15) is 0 Å². The van der Waals surface area contributed by atoms with Gasteiger partial charge in [0.15, 0.2) is 0 Å². The molecule has 3 rings (SSSR count). The summed E-state index contributed by atoms with van der Waals surface area (Å²) in [5, 5.41) is 4.23. The molecule has 2 aromatic rings. The van der Waals surface area contributed by atoms with Crippen molar-refractivity contribution in [1.82, 2.24) is 10.3 Å². The first-order valence-corrected chi connectivity index (χ1v) is 6.85. The number of anilines is 1. The molecule has 0 saturated carbocycles. The molecule has 2 heterocycles. The predicted molar refractivity (Wildman–Crippen MR) is 78.6 cm³/mol. The number of hydrogen-bond donors (Lipinski definition) is 1. The number of pyridine rings is 1. The lowest BCUT2D eigenvalue weighted by Gasteiger charge is -2.38. The molecule has 1 N–H and O–H groups in total. The van der Waals surface area contributed by atoms with Gasteiger partial charge >= 0.3 is 0 Å². The Morgan fingerprint density at radius 3 is 2.58 bits per heavy atom. The maximum atomic E-state index is 5.96. The first-order valence-electron chi connectivity index (χ1n) is 6.47. The molecule has 0 bridgehead atoms. The molecular formula is C15H16ClN3. The van der Waals surface area contributed by atoms with Crippen LogP contribution >= 0.6 is 11.6 Å². The molecule has 1 aliphatic heterocycles. The second kappa shape index (κ2) is 5.59. The summed E-state index contributed by atoms with van der Waals surface area (Å²) < 4.78 is 0.